The maximum absolute atomic E-state index is 13.1. The summed E-state index contributed by atoms with van der Waals surface area (Å²) >= 11 is 0. The van der Waals surface area contributed by atoms with Crippen molar-refractivity contribution in [1.29, 1.82) is 0 Å². The van der Waals surface area contributed by atoms with Crippen molar-refractivity contribution in [3.63, 3.8) is 0 Å². The normalized spacial score (nSPS) is 16.6. The molecule has 1 aliphatic rings. The highest BCUT2D eigenvalue weighted by Gasteiger charge is 2.30. The van der Waals surface area contributed by atoms with Gasteiger partial charge in [0.15, 0.2) is 11.9 Å². The third-order valence-corrected chi connectivity index (χ3v) is 4.86. The van der Waals surface area contributed by atoms with Gasteiger partial charge in [-0.05, 0) is 19.1 Å². The molecule has 7 heteroatoms. The number of benzene rings is 2. The smallest absolute Gasteiger partial charge is 0.334 e. The minimum atomic E-state index is -1.08. The highest BCUT2D eigenvalue weighted by molar-refractivity contribution is 6.00. The Balaban J connectivity index is 1.63. The van der Waals surface area contributed by atoms with Crippen LogP contribution in [0.3, 0.4) is 0 Å². The molecule has 1 aromatic heterocycles. The second kappa shape index (κ2) is 7.89. The number of carbonyl (C=O) groups excluding carboxylic acids is 1. The van der Waals surface area contributed by atoms with Crippen molar-refractivity contribution in [2.45, 2.75) is 13.0 Å². The summed E-state index contributed by atoms with van der Waals surface area (Å²) in [6, 6.07) is 14.9. The predicted molar refractivity (Wildman–Crippen MR) is 105 cm³/mol. The summed E-state index contributed by atoms with van der Waals surface area (Å²) < 4.78 is 11.1. The summed E-state index contributed by atoms with van der Waals surface area (Å²) in [5, 5.41) is 9.18. The zero-order valence-corrected chi connectivity index (χ0v) is 15.9. The van der Waals surface area contributed by atoms with Gasteiger partial charge >= 0.3 is 5.97 Å². The molecular formula is C22H20N2O5. The summed E-state index contributed by atoms with van der Waals surface area (Å²) in [7, 11) is 0. The Bertz CT molecular complexity index is 1040. The Hall–Kier alpha value is -3.45. The van der Waals surface area contributed by atoms with Crippen LogP contribution >= 0.6 is 0 Å². The van der Waals surface area contributed by atoms with E-state index in [9.17, 15) is 14.7 Å². The third-order valence-electron chi connectivity index (χ3n) is 4.86. The number of rotatable bonds is 4. The Kier molecular flexibility index (Phi) is 5.14. The minimum Gasteiger partial charge on any atom is -0.479 e. The van der Waals surface area contributed by atoms with Crippen molar-refractivity contribution >= 4 is 11.9 Å². The predicted octanol–water partition coefficient (Wildman–Crippen LogP) is 3.24. The molecule has 0 aliphatic carbocycles. The number of aryl methyl sites for hydroxylation is 1. The lowest BCUT2D eigenvalue weighted by atomic mass is 10.1. The fraction of sp³-hybridized carbons (Fsp3) is 0.227. The Morgan fingerprint density at radius 2 is 1.90 bits per heavy atom. The molecule has 0 radical (unpaired) electrons. The standard InChI is InChI=1S/C22H20N2O5/c1-14-6-8-15(9-7-14)18-12-23-20(29-18)16-4-2-3-5-17(16)21(25)24-10-11-28-19(13-24)22(26)27/h2-9,12,19H,10-11,13H2,1H3,(H,26,27)/t19-/m1/s1. The quantitative estimate of drug-likeness (QED) is 0.733. The molecule has 0 saturated carbocycles. The second-order valence-electron chi connectivity index (χ2n) is 6.89. The van der Waals surface area contributed by atoms with E-state index in [2.05, 4.69) is 4.98 Å². The van der Waals surface area contributed by atoms with Crippen molar-refractivity contribution in [3.8, 4) is 22.8 Å². The van der Waals surface area contributed by atoms with Gasteiger partial charge in [-0.1, -0.05) is 42.0 Å². The Morgan fingerprint density at radius 3 is 2.66 bits per heavy atom. The number of amides is 1. The molecule has 0 unspecified atom stereocenters. The molecule has 0 bridgehead atoms. The maximum atomic E-state index is 13.1. The van der Waals surface area contributed by atoms with Crippen LogP contribution in [0.25, 0.3) is 22.8 Å². The largest absolute Gasteiger partial charge is 0.479 e. The van der Waals surface area contributed by atoms with E-state index in [1.54, 1.807) is 30.5 Å². The van der Waals surface area contributed by atoms with Gasteiger partial charge in [-0.2, -0.15) is 0 Å². The van der Waals surface area contributed by atoms with Gasteiger partial charge in [-0.3, -0.25) is 4.79 Å². The topological polar surface area (TPSA) is 92.9 Å². The molecule has 3 aromatic rings. The summed E-state index contributed by atoms with van der Waals surface area (Å²) in [5.74, 6) is -0.399. The van der Waals surface area contributed by atoms with Crippen molar-refractivity contribution in [3.05, 3.63) is 65.9 Å². The average molecular weight is 392 g/mol. The van der Waals surface area contributed by atoms with Crippen molar-refractivity contribution in [1.82, 2.24) is 9.88 Å². The van der Waals surface area contributed by atoms with Gasteiger partial charge in [-0.15, -0.1) is 0 Å². The molecule has 1 saturated heterocycles. The van der Waals surface area contributed by atoms with E-state index < -0.39 is 12.1 Å². The number of carboxylic acids is 1. The summed E-state index contributed by atoms with van der Waals surface area (Å²) in [6.45, 7) is 2.53. The van der Waals surface area contributed by atoms with Crippen LogP contribution in [-0.4, -0.2) is 52.7 Å². The van der Waals surface area contributed by atoms with Gasteiger partial charge < -0.3 is 19.2 Å². The highest BCUT2D eigenvalue weighted by atomic mass is 16.5. The number of aliphatic carboxylic acids is 1. The van der Waals surface area contributed by atoms with E-state index in [-0.39, 0.29) is 19.1 Å². The van der Waals surface area contributed by atoms with Gasteiger partial charge in [0.2, 0.25) is 5.89 Å². The van der Waals surface area contributed by atoms with Crippen molar-refractivity contribution < 1.29 is 23.8 Å². The van der Waals surface area contributed by atoms with Crippen LogP contribution in [0.4, 0.5) is 0 Å². The molecule has 0 spiro atoms. The van der Waals surface area contributed by atoms with Crippen molar-refractivity contribution in [2.24, 2.45) is 0 Å². The van der Waals surface area contributed by atoms with Gasteiger partial charge in [0, 0.05) is 17.7 Å². The van der Waals surface area contributed by atoms with Gasteiger partial charge in [-0.25, -0.2) is 9.78 Å². The molecular weight excluding hydrogens is 372 g/mol. The molecule has 4 rings (SSSR count). The second-order valence-corrected chi connectivity index (χ2v) is 6.89. The Morgan fingerprint density at radius 1 is 1.14 bits per heavy atom. The zero-order valence-electron chi connectivity index (χ0n) is 15.9. The molecule has 1 atom stereocenters. The first-order valence-corrected chi connectivity index (χ1v) is 9.29. The van der Waals surface area contributed by atoms with Gasteiger partial charge in [0.25, 0.3) is 5.91 Å². The first-order chi connectivity index (χ1) is 14.0. The van der Waals surface area contributed by atoms with Crippen molar-refractivity contribution in [2.75, 3.05) is 19.7 Å². The van der Waals surface area contributed by atoms with E-state index in [4.69, 9.17) is 9.15 Å². The molecule has 2 heterocycles. The monoisotopic (exact) mass is 392 g/mol. The molecule has 2 aromatic carbocycles. The summed E-state index contributed by atoms with van der Waals surface area (Å²) in [6.07, 6.45) is 0.617. The van der Waals surface area contributed by atoms with E-state index in [1.807, 2.05) is 31.2 Å². The number of morpholine rings is 1. The molecule has 29 heavy (non-hydrogen) atoms. The number of nitrogens with zero attached hydrogens (tertiary/aromatic N) is 2. The van der Waals surface area contributed by atoms with Crippen LogP contribution in [-0.2, 0) is 9.53 Å². The van der Waals surface area contributed by atoms with Crippen LogP contribution < -0.4 is 0 Å². The van der Waals surface area contributed by atoms with E-state index >= 15 is 0 Å². The van der Waals surface area contributed by atoms with Crippen LogP contribution in [0, 0.1) is 6.92 Å². The fourth-order valence-electron chi connectivity index (χ4n) is 3.26. The minimum absolute atomic E-state index is 0.00268. The van der Waals surface area contributed by atoms with E-state index in [1.165, 1.54) is 4.90 Å². The molecule has 1 amide bonds. The number of hydrogen-bond donors (Lipinski definition) is 1. The van der Waals surface area contributed by atoms with Crippen LogP contribution in [0.2, 0.25) is 0 Å². The third kappa shape index (κ3) is 3.90. The fourth-order valence-corrected chi connectivity index (χ4v) is 3.26. The lowest BCUT2D eigenvalue weighted by Gasteiger charge is -2.31. The first kappa shape index (κ1) is 18.9. The van der Waals surface area contributed by atoms with E-state index in [0.717, 1.165) is 11.1 Å². The number of aromatic nitrogens is 1. The highest BCUT2D eigenvalue weighted by Crippen LogP contribution is 2.29. The number of ether oxygens (including phenoxy) is 1. The molecule has 148 valence electrons. The van der Waals surface area contributed by atoms with Crippen LogP contribution in [0.1, 0.15) is 15.9 Å². The van der Waals surface area contributed by atoms with Gasteiger partial charge in [0.1, 0.15) is 0 Å². The molecule has 1 fully saturated rings. The Labute approximate surface area is 167 Å². The lowest BCUT2D eigenvalue weighted by Crippen LogP contribution is -2.48. The summed E-state index contributed by atoms with van der Waals surface area (Å²) in [4.78, 5) is 30.2. The number of carbonyl (C=O) groups is 2. The lowest BCUT2D eigenvalue weighted by molar-refractivity contribution is -0.154. The SMILES string of the molecule is Cc1ccc(-c2cnc(-c3ccccc3C(=O)N3CCO[C@@H](C(=O)O)C3)o2)cc1. The number of carboxylic acid groups (broad SMARTS) is 1. The van der Waals surface area contributed by atoms with E-state index in [0.29, 0.717) is 29.3 Å². The molecule has 1 N–H and O–H groups in total. The van der Waals surface area contributed by atoms with Crippen LogP contribution in [0.15, 0.2) is 59.1 Å². The number of oxazole rings is 1. The maximum Gasteiger partial charge on any atom is 0.334 e. The van der Waals surface area contributed by atoms with Gasteiger partial charge in [0.05, 0.1) is 24.9 Å². The summed E-state index contributed by atoms with van der Waals surface area (Å²) in [5.41, 5.74) is 3.02. The van der Waals surface area contributed by atoms with Crippen LogP contribution in [0.5, 0.6) is 0 Å². The molecule has 7 nitrogen and oxygen atoms in total. The average Bonchev–Trinajstić information content (AvgIpc) is 3.24. The zero-order chi connectivity index (χ0) is 20.4. The molecule has 1 aliphatic heterocycles. The first-order valence-electron chi connectivity index (χ1n) is 9.29. The number of hydrogen-bond acceptors (Lipinski definition) is 5.